The van der Waals surface area contributed by atoms with Crippen molar-refractivity contribution in [2.24, 2.45) is 11.8 Å². The Morgan fingerprint density at radius 1 is 1.07 bits per heavy atom. The molecule has 2 aliphatic carbocycles. The Balaban J connectivity index is 0.00000256. The summed E-state index contributed by atoms with van der Waals surface area (Å²) in [6.45, 7) is 0. The van der Waals surface area contributed by atoms with Crippen molar-refractivity contribution in [2.75, 3.05) is 0 Å². The van der Waals surface area contributed by atoms with Crippen molar-refractivity contribution in [3.05, 3.63) is 35.8 Å². The zero-order chi connectivity index (χ0) is 20.2. The minimum absolute atomic E-state index is 0. The standard InChI is InChI=1S/C24H31F2O3.Rb/c25-20-13-11-18-12-14-21(29-24(18)23(20)26)17-9-6-16(7-10-17)8-15-22(27)28-19-4-2-1-3-5-19;/h1,11,13,16-17,19,21H,2-10,12,14-15H2;/q-1;+1. The summed E-state index contributed by atoms with van der Waals surface area (Å²) in [4.78, 5) is 12.1. The van der Waals surface area contributed by atoms with Crippen molar-refractivity contribution in [2.45, 2.75) is 89.3 Å². The van der Waals surface area contributed by atoms with E-state index in [4.69, 9.17) is 9.47 Å². The van der Waals surface area contributed by atoms with E-state index in [1.807, 2.05) is 0 Å². The van der Waals surface area contributed by atoms with Gasteiger partial charge in [-0.25, -0.2) is 4.39 Å². The maximum atomic E-state index is 14.1. The first-order valence-corrected chi connectivity index (χ1v) is 11.2. The second-order valence-corrected chi connectivity index (χ2v) is 8.92. The summed E-state index contributed by atoms with van der Waals surface area (Å²) in [6, 6.07) is 2.81. The molecule has 4 rings (SSSR count). The number of hydrogen-bond donors (Lipinski definition) is 0. The molecule has 30 heavy (non-hydrogen) atoms. The van der Waals surface area contributed by atoms with Gasteiger partial charge in [-0.2, -0.15) is 17.2 Å². The van der Waals surface area contributed by atoms with E-state index >= 15 is 0 Å². The van der Waals surface area contributed by atoms with Gasteiger partial charge in [0, 0.05) is 6.42 Å². The van der Waals surface area contributed by atoms with Crippen molar-refractivity contribution < 1.29 is 81.2 Å². The van der Waals surface area contributed by atoms with Crippen molar-refractivity contribution in [1.82, 2.24) is 0 Å². The minimum atomic E-state index is -0.852. The van der Waals surface area contributed by atoms with Gasteiger partial charge in [0.25, 0.3) is 0 Å². The third-order valence-electron chi connectivity index (χ3n) is 6.96. The number of carbonyl (C=O) groups excluding carboxylic acids is 1. The van der Waals surface area contributed by atoms with E-state index in [-0.39, 0.29) is 82.1 Å². The van der Waals surface area contributed by atoms with Crippen LogP contribution in [0.1, 0.15) is 76.2 Å². The number of benzene rings is 1. The third kappa shape index (κ3) is 6.36. The monoisotopic (exact) mass is 490 g/mol. The molecule has 1 unspecified atom stereocenters. The van der Waals surface area contributed by atoms with E-state index < -0.39 is 11.6 Å². The minimum Gasteiger partial charge on any atom is -0.487 e. The first-order valence-electron chi connectivity index (χ1n) is 11.2. The Labute approximate surface area is 227 Å². The van der Waals surface area contributed by atoms with Gasteiger partial charge in [-0.05, 0) is 68.4 Å². The summed E-state index contributed by atoms with van der Waals surface area (Å²) in [5.74, 6) is -0.701. The van der Waals surface area contributed by atoms with Gasteiger partial charge < -0.3 is 15.9 Å². The topological polar surface area (TPSA) is 35.5 Å². The van der Waals surface area contributed by atoms with Gasteiger partial charge in [0.05, 0.1) is 6.10 Å². The summed E-state index contributed by atoms with van der Waals surface area (Å²) in [5, 5.41) is 0. The molecule has 1 aromatic carbocycles. The average molecular weight is 491 g/mol. The predicted molar refractivity (Wildman–Crippen MR) is 106 cm³/mol. The molecule has 0 spiro atoms. The SMILES string of the molecule is O=C(CCC1CCC(C2CCc3ccc(F)c(F)c3O2)CC1)OC1CC[CH-]CC1.[Rb+]. The number of fused-ring (bicyclic) bond motifs is 1. The molecule has 1 heterocycles. The van der Waals surface area contributed by atoms with Gasteiger partial charge in [0.2, 0.25) is 5.82 Å². The van der Waals surface area contributed by atoms with Crippen molar-refractivity contribution in [3.63, 3.8) is 0 Å². The molecule has 0 aromatic heterocycles. The fraction of sp³-hybridized carbons (Fsp3) is 0.667. The van der Waals surface area contributed by atoms with E-state index in [9.17, 15) is 13.6 Å². The van der Waals surface area contributed by atoms with Crippen LogP contribution in [0.3, 0.4) is 0 Å². The molecule has 0 saturated heterocycles. The van der Waals surface area contributed by atoms with Crippen LogP contribution in [0.25, 0.3) is 0 Å². The average Bonchev–Trinajstić information content (AvgIpc) is 2.76. The predicted octanol–water partition coefficient (Wildman–Crippen LogP) is 2.94. The number of halogens is 2. The Hall–Kier alpha value is 0.155. The Morgan fingerprint density at radius 3 is 2.53 bits per heavy atom. The van der Waals surface area contributed by atoms with Crippen LogP contribution in [-0.4, -0.2) is 18.2 Å². The Kier molecular flexibility index (Phi) is 9.80. The van der Waals surface area contributed by atoms with Gasteiger partial charge in [-0.15, -0.1) is 0 Å². The van der Waals surface area contributed by atoms with Crippen LogP contribution >= 0.6 is 0 Å². The summed E-state index contributed by atoms with van der Waals surface area (Å²) in [5.41, 5.74) is 0.767. The number of aryl methyl sites for hydroxylation is 1. The summed E-state index contributed by atoms with van der Waals surface area (Å²) in [6.07, 6.45) is 13.5. The summed E-state index contributed by atoms with van der Waals surface area (Å²) < 4.78 is 39.1. The van der Waals surface area contributed by atoms with Gasteiger partial charge in [0.15, 0.2) is 11.6 Å². The van der Waals surface area contributed by atoms with Crippen molar-refractivity contribution in [3.8, 4) is 5.75 Å². The zero-order valence-electron chi connectivity index (χ0n) is 18.0. The normalized spacial score (nSPS) is 26.8. The maximum Gasteiger partial charge on any atom is 1.00 e. The van der Waals surface area contributed by atoms with Crippen LogP contribution in [0.5, 0.6) is 5.75 Å². The molecule has 1 atom stereocenters. The van der Waals surface area contributed by atoms with Gasteiger partial charge in [-0.1, -0.05) is 18.9 Å². The first-order chi connectivity index (χ1) is 14.1. The molecule has 1 aromatic rings. The number of esters is 1. The molecule has 0 N–H and O–H groups in total. The molecule has 160 valence electrons. The second kappa shape index (κ2) is 11.9. The van der Waals surface area contributed by atoms with Crippen molar-refractivity contribution >= 4 is 5.97 Å². The molecule has 3 aliphatic rings. The smallest absolute Gasteiger partial charge is 0.487 e. The number of ether oxygens (including phenoxy) is 2. The van der Waals surface area contributed by atoms with Crippen molar-refractivity contribution in [1.29, 1.82) is 0 Å². The van der Waals surface area contributed by atoms with E-state index in [0.717, 1.165) is 76.2 Å². The van der Waals surface area contributed by atoms with Gasteiger partial charge >= 0.3 is 64.2 Å². The molecule has 2 saturated carbocycles. The van der Waals surface area contributed by atoms with Crippen LogP contribution < -0.4 is 62.9 Å². The number of carbonyl (C=O) groups is 1. The van der Waals surface area contributed by atoms with E-state index in [1.54, 1.807) is 6.07 Å². The first kappa shape index (κ1) is 24.8. The largest absolute Gasteiger partial charge is 1.00 e. The molecule has 0 bridgehead atoms. The molecule has 1 aliphatic heterocycles. The molecule has 0 radical (unpaired) electrons. The maximum absolute atomic E-state index is 14.1. The van der Waals surface area contributed by atoms with Gasteiger partial charge in [0.1, 0.15) is 6.10 Å². The summed E-state index contributed by atoms with van der Waals surface area (Å²) >= 11 is 0. The summed E-state index contributed by atoms with van der Waals surface area (Å²) in [7, 11) is 0. The fourth-order valence-corrected chi connectivity index (χ4v) is 5.17. The molecule has 3 nitrogen and oxygen atoms in total. The van der Waals surface area contributed by atoms with Crippen LogP contribution in [0.2, 0.25) is 0 Å². The molecular formula is C24H31F2O3Rb. The van der Waals surface area contributed by atoms with E-state index in [2.05, 4.69) is 6.42 Å². The molecule has 2 fully saturated rings. The molecule has 0 amide bonds. The zero-order valence-corrected chi connectivity index (χ0v) is 22.9. The van der Waals surface area contributed by atoms with E-state index in [1.165, 1.54) is 6.07 Å². The Bertz CT molecular complexity index is 713. The second-order valence-electron chi connectivity index (χ2n) is 8.92. The van der Waals surface area contributed by atoms with Crippen LogP contribution in [0, 0.1) is 29.9 Å². The molecular weight excluding hydrogens is 460 g/mol. The van der Waals surface area contributed by atoms with Crippen LogP contribution in [0.4, 0.5) is 8.78 Å². The third-order valence-corrected chi connectivity index (χ3v) is 6.96. The van der Waals surface area contributed by atoms with Crippen LogP contribution in [0.15, 0.2) is 12.1 Å². The number of rotatable bonds is 5. The van der Waals surface area contributed by atoms with E-state index in [0.29, 0.717) is 18.3 Å². The van der Waals surface area contributed by atoms with Crippen LogP contribution in [-0.2, 0) is 16.0 Å². The van der Waals surface area contributed by atoms with Gasteiger partial charge in [-0.3, -0.25) is 4.79 Å². The fourth-order valence-electron chi connectivity index (χ4n) is 5.17. The quantitative estimate of drug-likeness (QED) is 0.470. The number of hydrogen-bond acceptors (Lipinski definition) is 3. The Morgan fingerprint density at radius 2 is 1.80 bits per heavy atom. The molecule has 6 heteroatoms.